The maximum atomic E-state index is 13.7. The first-order valence-corrected chi connectivity index (χ1v) is 9.96. The number of benzene rings is 2. The number of para-hydroxylation sites is 1. The largest absolute Gasteiger partial charge is 0.496 e. The van der Waals surface area contributed by atoms with Crippen LogP contribution < -0.4 is 10.1 Å². The van der Waals surface area contributed by atoms with Crippen LogP contribution in [0.4, 0.5) is 5.00 Å². The number of ketones is 1. The first-order chi connectivity index (χ1) is 13.4. The number of aryl methyl sites for hydroxylation is 1. The van der Waals surface area contributed by atoms with Gasteiger partial charge in [-0.2, -0.15) is 0 Å². The zero-order valence-corrected chi connectivity index (χ0v) is 17.2. The molecule has 0 aliphatic carbocycles. The van der Waals surface area contributed by atoms with E-state index in [-0.39, 0.29) is 11.7 Å². The SMILES string of the molecule is COc1ccccc1-c1c(Cl)sc2c1C(=O)C(C)(c1cccc(C)c1)C(=O)N2. The van der Waals surface area contributed by atoms with Gasteiger partial charge in [-0.05, 0) is 25.5 Å². The highest BCUT2D eigenvalue weighted by Crippen LogP contribution is 2.50. The van der Waals surface area contributed by atoms with Gasteiger partial charge in [0, 0.05) is 11.1 Å². The first kappa shape index (κ1) is 18.7. The standard InChI is InChI=1S/C22H18ClNO3S/c1-12-7-6-8-13(11-12)22(2)18(25)17-16(14-9-4-5-10-15(14)27-3)19(23)28-20(17)24-21(22)26/h4-11H,1-3H3,(H,24,26). The number of fused-ring (bicyclic) bond motifs is 1. The third-order valence-electron chi connectivity index (χ3n) is 5.20. The Labute approximate surface area is 172 Å². The highest BCUT2D eigenvalue weighted by molar-refractivity contribution is 7.21. The number of nitrogens with one attached hydrogen (secondary N) is 1. The van der Waals surface area contributed by atoms with Crippen LogP contribution in [0.25, 0.3) is 11.1 Å². The van der Waals surface area contributed by atoms with Gasteiger partial charge in [0.15, 0.2) is 5.78 Å². The Morgan fingerprint density at radius 2 is 1.82 bits per heavy atom. The Hall–Kier alpha value is -2.63. The minimum Gasteiger partial charge on any atom is -0.496 e. The van der Waals surface area contributed by atoms with E-state index in [2.05, 4.69) is 5.32 Å². The van der Waals surface area contributed by atoms with Gasteiger partial charge in [-0.15, -0.1) is 11.3 Å². The van der Waals surface area contributed by atoms with Crippen molar-refractivity contribution in [1.29, 1.82) is 0 Å². The van der Waals surface area contributed by atoms with Crippen LogP contribution in [0.2, 0.25) is 4.34 Å². The number of methoxy groups -OCH3 is 1. The highest BCUT2D eigenvalue weighted by Gasteiger charge is 2.49. The van der Waals surface area contributed by atoms with E-state index in [4.69, 9.17) is 16.3 Å². The van der Waals surface area contributed by atoms with Crippen molar-refractivity contribution < 1.29 is 14.3 Å². The number of anilines is 1. The highest BCUT2D eigenvalue weighted by atomic mass is 35.5. The Balaban J connectivity index is 1.96. The molecule has 1 unspecified atom stereocenters. The van der Waals surface area contributed by atoms with Gasteiger partial charge in [-0.3, -0.25) is 9.59 Å². The quantitative estimate of drug-likeness (QED) is 0.581. The van der Waals surface area contributed by atoms with Crippen molar-refractivity contribution in [2.45, 2.75) is 19.3 Å². The van der Waals surface area contributed by atoms with Crippen molar-refractivity contribution in [2.75, 3.05) is 12.4 Å². The fourth-order valence-corrected chi connectivity index (χ4v) is 4.96. The second kappa shape index (κ2) is 6.76. The molecular formula is C22H18ClNO3S. The van der Waals surface area contributed by atoms with E-state index in [1.165, 1.54) is 11.3 Å². The second-order valence-corrected chi connectivity index (χ2v) is 8.56. The summed E-state index contributed by atoms with van der Waals surface area (Å²) >= 11 is 7.73. The summed E-state index contributed by atoms with van der Waals surface area (Å²) in [4.78, 5) is 26.7. The van der Waals surface area contributed by atoms with Crippen LogP contribution in [-0.4, -0.2) is 18.8 Å². The molecule has 1 N–H and O–H groups in total. The maximum Gasteiger partial charge on any atom is 0.243 e. The van der Waals surface area contributed by atoms with E-state index in [0.29, 0.717) is 31.8 Å². The van der Waals surface area contributed by atoms with Crippen LogP contribution in [0.3, 0.4) is 0 Å². The maximum absolute atomic E-state index is 13.7. The van der Waals surface area contributed by atoms with Crippen LogP contribution in [0.15, 0.2) is 48.5 Å². The molecule has 1 amide bonds. The van der Waals surface area contributed by atoms with Crippen LogP contribution >= 0.6 is 22.9 Å². The molecule has 2 heterocycles. The number of amides is 1. The molecule has 1 aromatic heterocycles. The van der Waals surface area contributed by atoms with Crippen molar-refractivity contribution in [2.24, 2.45) is 0 Å². The van der Waals surface area contributed by atoms with E-state index in [1.807, 2.05) is 55.5 Å². The summed E-state index contributed by atoms with van der Waals surface area (Å²) in [6.45, 7) is 3.60. The average Bonchev–Trinajstić information content (AvgIpc) is 3.01. The number of halogens is 1. The molecule has 1 aliphatic rings. The van der Waals surface area contributed by atoms with E-state index in [0.717, 1.165) is 11.1 Å². The summed E-state index contributed by atoms with van der Waals surface area (Å²) in [5.74, 6) is 0.00737. The summed E-state index contributed by atoms with van der Waals surface area (Å²) in [5, 5.41) is 3.38. The lowest BCUT2D eigenvalue weighted by molar-refractivity contribution is -0.119. The molecule has 0 bridgehead atoms. The molecule has 6 heteroatoms. The van der Waals surface area contributed by atoms with E-state index >= 15 is 0 Å². The lowest BCUT2D eigenvalue weighted by atomic mass is 9.72. The number of carbonyl (C=O) groups excluding carboxylic acids is 2. The van der Waals surface area contributed by atoms with Gasteiger partial charge in [-0.25, -0.2) is 0 Å². The fourth-order valence-electron chi connectivity index (χ4n) is 3.60. The minimum atomic E-state index is -1.33. The van der Waals surface area contributed by atoms with Crippen LogP contribution in [0.5, 0.6) is 5.75 Å². The number of hydrogen-bond acceptors (Lipinski definition) is 4. The molecule has 142 valence electrons. The van der Waals surface area contributed by atoms with E-state index in [9.17, 15) is 9.59 Å². The predicted molar refractivity (Wildman–Crippen MR) is 113 cm³/mol. The normalized spacial score (nSPS) is 18.6. The molecule has 0 fully saturated rings. The summed E-state index contributed by atoms with van der Waals surface area (Å²) in [6.07, 6.45) is 0. The third-order valence-corrected chi connectivity index (χ3v) is 6.51. The lowest BCUT2D eigenvalue weighted by Gasteiger charge is -2.32. The predicted octanol–water partition coefficient (Wildman–Crippen LogP) is 5.48. The van der Waals surface area contributed by atoms with Crippen molar-refractivity contribution in [1.82, 2.24) is 0 Å². The molecule has 3 aromatic rings. The van der Waals surface area contributed by atoms with Gasteiger partial charge >= 0.3 is 0 Å². The molecular weight excluding hydrogens is 394 g/mol. The van der Waals surface area contributed by atoms with Gasteiger partial charge in [-0.1, -0.05) is 59.6 Å². The van der Waals surface area contributed by atoms with Gasteiger partial charge in [0.05, 0.1) is 12.7 Å². The van der Waals surface area contributed by atoms with Gasteiger partial charge in [0.2, 0.25) is 5.91 Å². The zero-order chi connectivity index (χ0) is 20.1. The number of ether oxygens (including phenoxy) is 1. The smallest absolute Gasteiger partial charge is 0.243 e. The van der Waals surface area contributed by atoms with Gasteiger partial charge < -0.3 is 10.1 Å². The molecule has 2 aromatic carbocycles. The molecule has 28 heavy (non-hydrogen) atoms. The van der Waals surface area contributed by atoms with Crippen molar-refractivity contribution in [3.8, 4) is 16.9 Å². The van der Waals surface area contributed by atoms with Crippen LogP contribution in [0, 0.1) is 6.92 Å². The monoisotopic (exact) mass is 411 g/mol. The molecule has 0 spiro atoms. The topological polar surface area (TPSA) is 55.4 Å². The molecule has 0 saturated carbocycles. The number of carbonyl (C=O) groups is 2. The fraction of sp³-hybridized carbons (Fsp3) is 0.182. The third kappa shape index (κ3) is 2.65. The van der Waals surface area contributed by atoms with Crippen LogP contribution in [0.1, 0.15) is 28.4 Å². The van der Waals surface area contributed by atoms with E-state index in [1.54, 1.807) is 14.0 Å². The van der Waals surface area contributed by atoms with E-state index < -0.39 is 5.41 Å². The lowest BCUT2D eigenvalue weighted by Crippen LogP contribution is -2.48. The summed E-state index contributed by atoms with van der Waals surface area (Å²) < 4.78 is 5.91. The number of rotatable bonds is 3. The Morgan fingerprint density at radius 1 is 1.07 bits per heavy atom. The number of Topliss-reactive ketones (excluding diaryl/α,β-unsaturated/α-hetero) is 1. The minimum absolute atomic E-state index is 0.263. The van der Waals surface area contributed by atoms with Gasteiger partial charge in [0.1, 0.15) is 20.5 Å². The molecule has 4 nitrogen and oxygen atoms in total. The zero-order valence-electron chi connectivity index (χ0n) is 15.6. The van der Waals surface area contributed by atoms with Crippen molar-refractivity contribution >= 4 is 39.6 Å². The van der Waals surface area contributed by atoms with Crippen molar-refractivity contribution in [3.63, 3.8) is 0 Å². The molecule has 1 atom stereocenters. The Bertz CT molecular complexity index is 1120. The molecule has 4 rings (SSSR count). The molecule has 0 radical (unpaired) electrons. The average molecular weight is 412 g/mol. The summed E-state index contributed by atoms with van der Waals surface area (Å²) in [7, 11) is 1.58. The number of thiophene rings is 1. The summed E-state index contributed by atoms with van der Waals surface area (Å²) in [5.41, 5.74) is 2.07. The first-order valence-electron chi connectivity index (χ1n) is 8.77. The van der Waals surface area contributed by atoms with Crippen LogP contribution in [-0.2, 0) is 10.2 Å². The Kier molecular flexibility index (Phi) is 4.52. The number of hydrogen-bond donors (Lipinski definition) is 1. The Morgan fingerprint density at radius 3 is 2.54 bits per heavy atom. The second-order valence-electron chi connectivity index (χ2n) is 6.93. The summed E-state index contributed by atoms with van der Waals surface area (Å²) in [6, 6.07) is 14.9. The van der Waals surface area contributed by atoms with Crippen molar-refractivity contribution in [3.05, 3.63) is 69.6 Å². The molecule has 1 aliphatic heterocycles. The van der Waals surface area contributed by atoms with Gasteiger partial charge in [0.25, 0.3) is 0 Å². The molecule has 0 saturated heterocycles.